The molecule has 0 aliphatic rings. The van der Waals surface area contributed by atoms with Crippen molar-refractivity contribution in [2.24, 2.45) is 0 Å². The molecule has 0 radical (unpaired) electrons. The Morgan fingerprint density at radius 3 is 2.32 bits per heavy atom. The summed E-state index contributed by atoms with van der Waals surface area (Å²) in [7, 11) is 0. The van der Waals surface area contributed by atoms with Gasteiger partial charge in [0.15, 0.2) is 0 Å². The number of thiophene rings is 1. The van der Waals surface area contributed by atoms with Gasteiger partial charge in [-0.3, -0.25) is 9.59 Å². The Morgan fingerprint density at radius 1 is 0.968 bits per heavy atom. The molecule has 2 aromatic carbocycles. The molecule has 5 nitrogen and oxygen atoms in total. The summed E-state index contributed by atoms with van der Waals surface area (Å²) in [6.45, 7) is 3.94. The second-order valence-electron chi connectivity index (χ2n) is 7.44. The number of anilines is 1. The Kier molecular flexibility index (Phi) is 6.09. The van der Waals surface area contributed by atoms with E-state index in [1.165, 1.54) is 11.3 Å². The molecule has 0 saturated carbocycles. The molecule has 4 aromatic rings. The maximum atomic E-state index is 13.2. The van der Waals surface area contributed by atoms with Crippen LogP contribution >= 0.6 is 11.3 Å². The molecule has 4 rings (SSSR count). The van der Waals surface area contributed by atoms with Crippen molar-refractivity contribution < 1.29 is 9.59 Å². The lowest BCUT2D eigenvalue weighted by molar-refractivity contribution is -0.118. The Balaban J connectivity index is 1.60. The monoisotopic (exact) mass is 429 g/mol. The molecule has 0 aliphatic carbocycles. The van der Waals surface area contributed by atoms with Crippen LogP contribution in [0.3, 0.4) is 0 Å². The fourth-order valence-corrected chi connectivity index (χ4v) is 4.73. The van der Waals surface area contributed by atoms with Crippen LogP contribution in [0.1, 0.15) is 26.4 Å². The van der Waals surface area contributed by atoms with Gasteiger partial charge < -0.3 is 10.6 Å². The lowest BCUT2D eigenvalue weighted by Gasteiger charge is -2.19. The smallest absolute Gasteiger partial charge is 0.262 e. The normalized spacial score (nSPS) is 11.8. The molecule has 2 aromatic heterocycles. The van der Waals surface area contributed by atoms with Gasteiger partial charge in [0, 0.05) is 23.7 Å². The number of carbonyl (C=O) groups excluding carboxylic acids is 2. The van der Waals surface area contributed by atoms with Crippen molar-refractivity contribution in [3.05, 3.63) is 94.5 Å². The Hall–Kier alpha value is -3.51. The summed E-state index contributed by atoms with van der Waals surface area (Å²) >= 11 is 1.36. The van der Waals surface area contributed by atoms with Gasteiger partial charge >= 0.3 is 0 Å². The molecule has 156 valence electrons. The second-order valence-corrected chi connectivity index (χ2v) is 8.43. The summed E-state index contributed by atoms with van der Waals surface area (Å²) < 4.78 is 0. The van der Waals surface area contributed by atoms with Gasteiger partial charge in [0.2, 0.25) is 5.91 Å². The summed E-state index contributed by atoms with van der Waals surface area (Å²) in [6.07, 6.45) is 2.15. The molecule has 1 atom stereocenters. The van der Waals surface area contributed by atoms with Crippen LogP contribution in [0, 0.1) is 13.8 Å². The first-order valence-electron chi connectivity index (χ1n) is 10.1. The average Bonchev–Trinajstić information content (AvgIpc) is 3.12. The number of hydrogen-bond donors (Lipinski definition) is 2. The zero-order chi connectivity index (χ0) is 21.8. The number of aromatic nitrogens is 1. The molecule has 0 fully saturated rings. The van der Waals surface area contributed by atoms with Crippen molar-refractivity contribution >= 4 is 39.1 Å². The highest BCUT2D eigenvalue weighted by Crippen LogP contribution is 2.31. The zero-order valence-electron chi connectivity index (χ0n) is 17.4. The van der Waals surface area contributed by atoms with Gasteiger partial charge in [-0.15, -0.1) is 11.3 Å². The van der Waals surface area contributed by atoms with Gasteiger partial charge in [-0.25, -0.2) is 4.98 Å². The van der Waals surface area contributed by atoms with E-state index in [0.29, 0.717) is 17.0 Å². The minimum Gasteiger partial charge on any atom is -0.339 e. The maximum Gasteiger partial charge on any atom is 0.262 e. The van der Waals surface area contributed by atoms with Crippen LogP contribution in [0.2, 0.25) is 0 Å². The van der Waals surface area contributed by atoms with Gasteiger partial charge in [-0.2, -0.15) is 0 Å². The predicted octanol–water partition coefficient (Wildman–Crippen LogP) is 4.89. The summed E-state index contributed by atoms with van der Waals surface area (Å²) in [6, 6.07) is 20.2. The van der Waals surface area contributed by atoms with Gasteiger partial charge in [0.05, 0.1) is 4.88 Å². The predicted molar refractivity (Wildman–Crippen MR) is 126 cm³/mol. The van der Waals surface area contributed by atoms with Crippen LogP contribution in [0.4, 0.5) is 5.69 Å². The molecule has 31 heavy (non-hydrogen) atoms. The Labute approximate surface area is 185 Å². The number of fused-ring (bicyclic) bond motifs is 1. The van der Waals surface area contributed by atoms with E-state index in [9.17, 15) is 9.59 Å². The number of para-hydroxylation sites is 1. The molecule has 0 aliphatic heterocycles. The number of nitrogens with one attached hydrogen (secondary N) is 2. The van der Waals surface area contributed by atoms with E-state index in [1.54, 1.807) is 6.20 Å². The third-order valence-corrected chi connectivity index (χ3v) is 6.39. The largest absolute Gasteiger partial charge is 0.339 e. The van der Waals surface area contributed by atoms with Crippen LogP contribution in [0.15, 0.2) is 72.9 Å². The van der Waals surface area contributed by atoms with E-state index in [-0.39, 0.29) is 11.8 Å². The number of aryl methyl sites for hydroxylation is 2. The Morgan fingerprint density at radius 2 is 1.65 bits per heavy atom. The summed E-state index contributed by atoms with van der Waals surface area (Å²) in [5.41, 5.74) is 3.64. The van der Waals surface area contributed by atoms with Crippen molar-refractivity contribution in [1.29, 1.82) is 0 Å². The lowest BCUT2D eigenvalue weighted by atomic mass is 10.0. The van der Waals surface area contributed by atoms with Gasteiger partial charge in [-0.1, -0.05) is 48.5 Å². The van der Waals surface area contributed by atoms with Crippen molar-refractivity contribution in [3.8, 4) is 0 Å². The van der Waals surface area contributed by atoms with Crippen LogP contribution in [0.5, 0.6) is 0 Å². The number of carbonyl (C=O) groups is 2. The standard InChI is InChI=1S/C25H23N3O2S/c1-16-13-14-26-25-21(16)17(2)22(31-25)24(30)28-20(15-18-9-5-3-6-10-18)23(29)27-19-11-7-4-8-12-19/h3-14,20H,15H2,1-2H3,(H,27,29)(H,28,30). The number of rotatable bonds is 6. The third-order valence-electron chi connectivity index (χ3n) is 5.19. The molecule has 1 unspecified atom stereocenters. The molecule has 0 spiro atoms. The lowest BCUT2D eigenvalue weighted by Crippen LogP contribution is -2.45. The number of amides is 2. The van der Waals surface area contributed by atoms with E-state index in [1.807, 2.05) is 80.6 Å². The molecule has 6 heteroatoms. The summed E-state index contributed by atoms with van der Waals surface area (Å²) in [4.78, 5) is 32.1. The molecule has 2 heterocycles. The average molecular weight is 430 g/mol. The highest BCUT2D eigenvalue weighted by atomic mass is 32.1. The number of pyridine rings is 1. The maximum absolute atomic E-state index is 13.2. The van der Waals surface area contributed by atoms with Crippen molar-refractivity contribution in [2.45, 2.75) is 26.3 Å². The highest BCUT2D eigenvalue weighted by molar-refractivity contribution is 7.20. The first-order chi connectivity index (χ1) is 15.0. The Bertz CT molecular complexity index is 1220. The highest BCUT2D eigenvalue weighted by Gasteiger charge is 2.25. The van der Waals surface area contributed by atoms with Crippen LogP contribution in [-0.4, -0.2) is 22.8 Å². The van der Waals surface area contributed by atoms with Crippen molar-refractivity contribution in [3.63, 3.8) is 0 Å². The first-order valence-corrected chi connectivity index (χ1v) is 10.9. The number of nitrogens with zero attached hydrogens (tertiary/aromatic N) is 1. The molecular weight excluding hydrogens is 406 g/mol. The zero-order valence-corrected chi connectivity index (χ0v) is 18.2. The second kappa shape index (κ2) is 9.10. The van der Waals surface area contributed by atoms with E-state index in [0.717, 1.165) is 26.9 Å². The molecular formula is C25H23N3O2S. The fraction of sp³-hybridized carbons (Fsp3) is 0.160. The van der Waals surface area contributed by atoms with E-state index >= 15 is 0 Å². The van der Waals surface area contributed by atoms with Gasteiger partial charge in [0.25, 0.3) is 5.91 Å². The van der Waals surface area contributed by atoms with Crippen molar-refractivity contribution in [1.82, 2.24) is 10.3 Å². The third kappa shape index (κ3) is 4.64. The molecule has 0 saturated heterocycles. The minimum atomic E-state index is -0.714. The minimum absolute atomic E-state index is 0.253. The quantitative estimate of drug-likeness (QED) is 0.458. The van der Waals surface area contributed by atoms with Gasteiger partial charge in [-0.05, 0) is 48.7 Å². The topological polar surface area (TPSA) is 71.1 Å². The number of hydrogen-bond acceptors (Lipinski definition) is 4. The van der Waals surface area contributed by atoms with Crippen LogP contribution in [-0.2, 0) is 11.2 Å². The first kappa shape index (κ1) is 20.8. The van der Waals surface area contributed by atoms with E-state index in [2.05, 4.69) is 15.6 Å². The SMILES string of the molecule is Cc1ccnc2sc(C(=O)NC(Cc3ccccc3)C(=O)Nc3ccccc3)c(C)c12. The summed E-state index contributed by atoms with van der Waals surface area (Å²) in [5.74, 6) is -0.513. The van der Waals surface area contributed by atoms with Crippen molar-refractivity contribution in [2.75, 3.05) is 5.32 Å². The summed E-state index contributed by atoms with van der Waals surface area (Å²) in [5, 5.41) is 6.87. The van der Waals surface area contributed by atoms with E-state index in [4.69, 9.17) is 0 Å². The number of benzene rings is 2. The van der Waals surface area contributed by atoms with Gasteiger partial charge in [0.1, 0.15) is 10.9 Å². The molecule has 0 bridgehead atoms. The van der Waals surface area contributed by atoms with E-state index < -0.39 is 6.04 Å². The van der Waals surface area contributed by atoms with Crippen LogP contribution in [0.25, 0.3) is 10.2 Å². The van der Waals surface area contributed by atoms with Crippen LogP contribution < -0.4 is 10.6 Å². The molecule has 2 N–H and O–H groups in total. The fourth-order valence-electron chi connectivity index (χ4n) is 3.60. The molecule has 2 amide bonds.